The van der Waals surface area contributed by atoms with Gasteiger partial charge >= 0.3 is 6.03 Å². The van der Waals surface area contributed by atoms with E-state index in [1.165, 1.54) is 19.2 Å². The first-order valence-corrected chi connectivity index (χ1v) is 9.25. The Labute approximate surface area is 139 Å². The molecule has 1 unspecified atom stereocenters. The third kappa shape index (κ3) is 6.19. The van der Waals surface area contributed by atoms with E-state index in [9.17, 15) is 13.2 Å². The maximum absolute atomic E-state index is 12.1. The second-order valence-electron chi connectivity index (χ2n) is 6.15. The van der Waals surface area contributed by atoms with Crippen LogP contribution in [0.5, 0.6) is 0 Å². The number of benzene rings is 1. The molecular weight excluding hydrogens is 314 g/mol. The van der Waals surface area contributed by atoms with Gasteiger partial charge in [0.1, 0.15) is 0 Å². The van der Waals surface area contributed by atoms with Gasteiger partial charge in [-0.05, 0) is 57.4 Å². The highest BCUT2D eigenvalue weighted by Gasteiger charge is 2.15. The van der Waals surface area contributed by atoms with E-state index in [1.54, 1.807) is 6.07 Å². The minimum atomic E-state index is -3.54. The van der Waals surface area contributed by atoms with Crippen molar-refractivity contribution in [1.82, 2.24) is 10.0 Å². The second-order valence-corrected chi connectivity index (χ2v) is 8.04. The number of rotatable bonds is 7. The van der Waals surface area contributed by atoms with E-state index in [4.69, 9.17) is 0 Å². The number of nitrogens with one attached hydrogen (secondary N) is 3. The van der Waals surface area contributed by atoms with Gasteiger partial charge in [0.15, 0.2) is 0 Å². The van der Waals surface area contributed by atoms with Crippen molar-refractivity contribution in [2.45, 2.75) is 51.5 Å². The van der Waals surface area contributed by atoms with Crippen LogP contribution >= 0.6 is 0 Å². The fourth-order valence-electron chi connectivity index (χ4n) is 2.06. The summed E-state index contributed by atoms with van der Waals surface area (Å²) in [6.07, 6.45) is 1.94. The third-order valence-corrected chi connectivity index (χ3v) is 5.00. The molecule has 0 bridgehead atoms. The minimum absolute atomic E-state index is 0.0573. The highest BCUT2D eigenvalue weighted by atomic mass is 32.2. The lowest BCUT2D eigenvalue weighted by atomic mass is 10.0. The van der Waals surface area contributed by atoms with Gasteiger partial charge in [0, 0.05) is 11.7 Å². The minimum Gasteiger partial charge on any atom is -0.335 e. The van der Waals surface area contributed by atoms with Gasteiger partial charge in [0.25, 0.3) is 0 Å². The molecule has 0 radical (unpaired) electrons. The van der Waals surface area contributed by atoms with Gasteiger partial charge in [-0.25, -0.2) is 17.9 Å². The van der Waals surface area contributed by atoms with E-state index in [0.717, 1.165) is 18.4 Å². The van der Waals surface area contributed by atoms with Crippen LogP contribution in [-0.4, -0.2) is 27.5 Å². The van der Waals surface area contributed by atoms with E-state index >= 15 is 0 Å². The van der Waals surface area contributed by atoms with Crippen LogP contribution in [0.2, 0.25) is 0 Å². The van der Waals surface area contributed by atoms with Gasteiger partial charge in [-0.1, -0.05) is 19.9 Å². The van der Waals surface area contributed by atoms with Crippen LogP contribution in [0.25, 0.3) is 0 Å². The zero-order valence-electron chi connectivity index (χ0n) is 14.4. The first-order valence-electron chi connectivity index (χ1n) is 7.77. The lowest BCUT2D eigenvalue weighted by Crippen LogP contribution is -2.36. The molecule has 1 aromatic carbocycles. The number of urea groups is 1. The molecule has 1 aromatic rings. The molecule has 130 valence electrons. The normalized spacial score (nSPS) is 13.0. The number of carbonyl (C=O) groups is 1. The summed E-state index contributed by atoms with van der Waals surface area (Å²) in [6, 6.07) is 4.36. The van der Waals surface area contributed by atoms with Crippen molar-refractivity contribution in [3.63, 3.8) is 0 Å². The van der Waals surface area contributed by atoms with Gasteiger partial charge < -0.3 is 10.6 Å². The molecule has 6 nitrogen and oxygen atoms in total. The Morgan fingerprint density at radius 2 is 1.83 bits per heavy atom. The van der Waals surface area contributed by atoms with Crippen molar-refractivity contribution in [3.05, 3.63) is 23.8 Å². The lowest BCUT2D eigenvalue weighted by molar-refractivity contribution is 0.248. The maximum Gasteiger partial charge on any atom is 0.319 e. The summed E-state index contributed by atoms with van der Waals surface area (Å²) < 4.78 is 25.9. The summed E-state index contributed by atoms with van der Waals surface area (Å²) >= 11 is 0. The molecule has 1 atom stereocenters. The lowest BCUT2D eigenvalue weighted by Gasteiger charge is -2.17. The van der Waals surface area contributed by atoms with Crippen LogP contribution in [0.15, 0.2) is 23.1 Å². The number of aryl methyl sites for hydroxylation is 1. The van der Waals surface area contributed by atoms with Gasteiger partial charge in [-0.3, -0.25) is 0 Å². The number of hydrogen-bond acceptors (Lipinski definition) is 3. The molecule has 0 aromatic heterocycles. The SMILES string of the molecule is CNS(=O)(=O)c1ccc(C)c(NC(=O)NC(C)CCC(C)C)c1. The van der Waals surface area contributed by atoms with Gasteiger partial charge in [-0.2, -0.15) is 0 Å². The van der Waals surface area contributed by atoms with Crippen molar-refractivity contribution < 1.29 is 13.2 Å². The van der Waals surface area contributed by atoms with E-state index < -0.39 is 10.0 Å². The van der Waals surface area contributed by atoms with Gasteiger partial charge in [0.2, 0.25) is 10.0 Å². The number of carbonyl (C=O) groups excluding carboxylic acids is 1. The Morgan fingerprint density at radius 1 is 1.17 bits per heavy atom. The smallest absolute Gasteiger partial charge is 0.319 e. The molecule has 0 saturated carbocycles. The van der Waals surface area contributed by atoms with Crippen LogP contribution in [-0.2, 0) is 10.0 Å². The first-order chi connectivity index (χ1) is 10.7. The number of hydrogen-bond donors (Lipinski definition) is 3. The molecule has 0 aliphatic rings. The maximum atomic E-state index is 12.1. The molecular formula is C16H27N3O3S. The van der Waals surface area contributed by atoms with Crippen molar-refractivity contribution in [2.24, 2.45) is 5.92 Å². The van der Waals surface area contributed by atoms with Gasteiger partial charge in [0.05, 0.1) is 4.90 Å². The second kappa shape index (κ2) is 8.31. The average Bonchev–Trinajstić information content (AvgIpc) is 2.47. The van der Waals surface area contributed by atoms with E-state index in [-0.39, 0.29) is 17.0 Å². The summed E-state index contributed by atoms with van der Waals surface area (Å²) in [5, 5.41) is 5.59. The van der Waals surface area contributed by atoms with Gasteiger partial charge in [-0.15, -0.1) is 0 Å². The van der Waals surface area contributed by atoms with Crippen LogP contribution in [0, 0.1) is 12.8 Å². The predicted octanol–water partition coefficient (Wildman–Crippen LogP) is 2.85. The number of amides is 2. The Bertz CT molecular complexity index is 642. The summed E-state index contributed by atoms with van der Waals surface area (Å²) in [6.45, 7) is 8.05. The quantitative estimate of drug-likeness (QED) is 0.712. The molecule has 0 saturated heterocycles. The van der Waals surface area contributed by atoms with Crippen LogP contribution < -0.4 is 15.4 Å². The topological polar surface area (TPSA) is 87.3 Å². The number of anilines is 1. The molecule has 7 heteroatoms. The number of sulfonamides is 1. The molecule has 0 aliphatic heterocycles. The predicted molar refractivity (Wildman–Crippen MR) is 93.1 cm³/mol. The Kier molecular flexibility index (Phi) is 7.02. The Balaban J connectivity index is 2.76. The summed E-state index contributed by atoms with van der Waals surface area (Å²) in [5.41, 5.74) is 1.28. The summed E-state index contributed by atoms with van der Waals surface area (Å²) in [4.78, 5) is 12.2. The van der Waals surface area contributed by atoms with Crippen LogP contribution in [0.3, 0.4) is 0 Å². The zero-order chi connectivity index (χ0) is 17.6. The third-order valence-electron chi connectivity index (χ3n) is 3.59. The van der Waals surface area contributed by atoms with Crippen molar-refractivity contribution in [2.75, 3.05) is 12.4 Å². The highest BCUT2D eigenvalue weighted by Crippen LogP contribution is 2.20. The molecule has 0 heterocycles. The molecule has 23 heavy (non-hydrogen) atoms. The van der Waals surface area contributed by atoms with E-state index in [1.807, 2.05) is 13.8 Å². The Morgan fingerprint density at radius 3 is 2.39 bits per heavy atom. The molecule has 1 rings (SSSR count). The Hall–Kier alpha value is -1.60. The highest BCUT2D eigenvalue weighted by molar-refractivity contribution is 7.89. The summed E-state index contributed by atoms with van der Waals surface area (Å²) in [7, 11) is -2.18. The summed E-state index contributed by atoms with van der Waals surface area (Å²) in [5.74, 6) is 0.591. The molecule has 2 amide bonds. The first kappa shape index (κ1) is 19.4. The fraction of sp³-hybridized carbons (Fsp3) is 0.562. The molecule has 0 spiro atoms. The monoisotopic (exact) mass is 341 g/mol. The molecule has 0 aliphatic carbocycles. The zero-order valence-corrected chi connectivity index (χ0v) is 15.3. The molecule has 3 N–H and O–H groups in total. The standard InChI is InChI=1S/C16H27N3O3S/c1-11(2)6-8-13(4)18-16(20)19-15-10-14(9-7-12(15)3)23(21,22)17-5/h7,9-11,13,17H,6,8H2,1-5H3,(H2,18,19,20). The fourth-order valence-corrected chi connectivity index (χ4v) is 2.81. The van der Waals surface area contributed by atoms with Crippen LogP contribution in [0.1, 0.15) is 39.2 Å². The van der Waals surface area contributed by atoms with Crippen LogP contribution in [0.4, 0.5) is 10.5 Å². The van der Waals surface area contributed by atoms with E-state index in [0.29, 0.717) is 11.6 Å². The average molecular weight is 341 g/mol. The van der Waals surface area contributed by atoms with Crippen molar-refractivity contribution >= 4 is 21.7 Å². The van der Waals surface area contributed by atoms with Crippen molar-refractivity contribution in [1.29, 1.82) is 0 Å². The largest absolute Gasteiger partial charge is 0.335 e. The van der Waals surface area contributed by atoms with E-state index in [2.05, 4.69) is 29.2 Å². The van der Waals surface area contributed by atoms with Crippen molar-refractivity contribution in [3.8, 4) is 0 Å². The molecule has 0 fully saturated rings.